The Morgan fingerprint density at radius 1 is 0.867 bits per heavy atom. The molecule has 0 saturated heterocycles. The van der Waals surface area contributed by atoms with Gasteiger partial charge in [0.2, 0.25) is 0 Å². The molecule has 0 aliphatic heterocycles. The molecule has 0 N–H and O–H groups in total. The van der Waals surface area contributed by atoms with Gasteiger partial charge in [-0.15, -0.1) is 0 Å². The minimum Gasteiger partial charge on any atom is -0.437 e. The summed E-state index contributed by atoms with van der Waals surface area (Å²) in [4.78, 5) is 0. The molecule has 0 aromatic heterocycles. The van der Waals surface area contributed by atoms with Crippen LogP contribution < -0.4 is 0 Å². The molecule has 0 aromatic carbocycles. The lowest BCUT2D eigenvalue weighted by Gasteiger charge is -2.37. The van der Waals surface area contributed by atoms with Crippen LogP contribution in [0.3, 0.4) is 0 Å². The fourth-order valence-corrected chi connectivity index (χ4v) is 16.3. The predicted octanol–water partition coefficient (Wildman–Crippen LogP) is 2.52. The third kappa shape index (κ3) is 6.82. The SMILES string of the molecule is CO[Si](C)(O[Si](C)(C)O[Si](C)(C)C)[Si]C. The van der Waals surface area contributed by atoms with Crippen LogP contribution in [0.1, 0.15) is 0 Å². The third-order valence-electron chi connectivity index (χ3n) is 1.84. The first-order chi connectivity index (χ1) is 6.54. The Bertz CT molecular complexity index is 199. The van der Waals surface area contributed by atoms with E-state index >= 15 is 0 Å². The van der Waals surface area contributed by atoms with Crippen molar-refractivity contribution < 1.29 is 12.7 Å². The molecule has 0 saturated carbocycles. The Labute approximate surface area is 99.8 Å². The van der Waals surface area contributed by atoms with Crippen molar-refractivity contribution in [1.82, 2.24) is 0 Å². The molecule has 0 aliphatic carbocycles. The maximum absolute atomic E-state index is 6.18. The summed E-state index contributed by atoms with van der Waals surface area (Å²) in [5, 5.41) is 0. The second kappa shape index (κ2) is 5.39. The molecule has 15 heavy (non-hydrogen) atoms. The van der Waals surface area contributed by atoms with E-state index in [2.05, 4.69) is 45.8 Å². The topological polar surface area (TPSA) is 27.7 Å². The van der Waals surface area contributed by atoms with Crippen molar-refractivity contribution >= 4 is 34.0 Å². The normalized spacial score (nSPS) is 17.6. The zero-order valence-electron chi connectivity index (χ0n) is 11.2. The number of hydrogen-bond donors (Lipinski definition) is 0. The van der Waals surface area contributed by atoms with E-state index in [1.54, 1.807) is 7.11 Å². The highest BCUT2D eigenvalue weighted by Gasteiger charge is 2.40. The number of hydrogen-bond acceptors (Lipinski definition) is 3. The first-order valence-corrected chi connectivity index (χ1v) is 16.2. The van der Waals surface area contributed by atoms with Crippen molar-refractivity contribution in [3.63, 3.8) is 0 Å². The van der Waals surface area contributed by atoms with Gasteiger partial charge in [0.05, 0.1) is 9.04 Å². The van der Waals surface area contributed by atoms with E-state index in [1.165, 1.54) is 0 Å². The highest BCUT2D eigenvalue weighted by atomic mass is 29.2. The van der Waals surface area contributed by atoms with Crippen molar-refractivity contribution in [1.29, 1.82) is 0 Å². The molecular formula is C8H24O3Si4. The summed E-state index contributed by atoms with van der Waals surface area (Å²) in [6, 6.07) is 0. The summed E-state index contributed by atoms with van der Waals surface area (Å²) in [6.45, 7) is 15.1. The first-order valence-electron chi connectivity index (χ1n) is 5.18. The van der Waals surface area contributed by atoms with Crippen LogP contribution in [-0.4, -0.2) is 41.1 Å². The van der Waals surface area contributed by atoms with Gasteiger partial charge in [-0.2, -0.15) is 0 Å². The molecule has 3 nitrogen and oxygen atoms in total. The maximum Gasteiger partial charge on any atom is 0.312 e. The van der Waals surface area contributed by atoms with Gasteiger partial charge in [0.25, 0.3) is 8.08 Å². The summed E-state index contributed by atoms with van der Waals surface area (Å²) in [7, 11) is -2.99. The van der Waals surface area contributed by atoms with Gasteiger partial charge in [0, 0.05) is 7.11 Å². The molecule has 1 unspecified atom stereocenters. The van der Waals surface area contributed by atoms with E-state index in [9.17, 15) is 0 Å². The maximum atomic E-state index is 6.18. The van der Waals surface area contributed by atoms with Crippen molar-refractivity contribution in [2.24, 2.45) is 0 Å². The van der Waals surface area contributed by atoms with Crippen LogP contribution in [0.2, 0.25) is 45.8 Å². The average molecular weight is 281 g/mol. The van der Waals surface area contributed by atoms with Gasteiger partial charge in [-0.05, 0) is 39.3 Å². The van der Waals surface area contributed by atoms with E-state index in [1.807, 2.05) is 0 Å². The van der Waals surface area contributed by atoms with Crippen molar-refractivity contribution in [2.75, 3.05) is 7.11 Å². The van der Waals surface area contributed by atoms with Gasteiger partial charge < -0.3 is 12.7 Å². The minimum absolute atomic E-state index is 0.726. The number of rotatable bonds is 6. The van der Waals surface area contributed by atoms with Crippen LogP contribution in [0.25, 0.3) is 0 Å². The Kier molecular flexibility index (Phi) is 5.65. The summed E-state index contributed by atoms with van der Waals surface area (Å²) < 4.78 is 17.9. The minimum atomic E-state index is -2.01. The molecule has 0 rings (SSSR count). The molecule has 90 valence electrons. The quantitative estimate of drug-likeness (QED) is 0.700. The third-order valence-corrected chi connectivity index (χ3v) is 15.7. The zero-order valence-corrected chi connectivity index (χ0v) is 15.2. The van der Waals surface area contributed by atoms with Crippen LogP contribution in [0.4, 0.5) is 0 Å². The van der Waals surface area contributed by atoms with Crippen molar-refractivity contribution in [2.45, 2.75) is 45.8 Å². The second-order valence-corrected chi connectivity index (χ2v) is 20.8. The Hall–Kier alpha value is 0.748. The van der Waals surface area contributed by atoms with Gasteiger partial charge in [-0.25, -0.2) is 0 Å². The average Bonchev–Trinajstić information content (AvgIpc) is 1.98. The monoisotopic (exact) mass is 280 g/mol. The molecule has 7 heteroatoms. The molecular weight excluding hydrogens is 256 g/mol. The van der Waals surface area contributed by atoms with E-state index in [0.29, 0.717) is 0 Å². The molecule has 0 fully saturated rings. The highest BCUT2D eigenvalue weighted by Crippen LogP contribution is 2.19. The lowest BCUT2D eigenvalue weighted by molar-refractivity contribution is 0.293. The highest BCUT2D eigenvalue weighted by molar-refractivity contribution is 7.19. The summed E-state index contributed by atoms with van der Waals surface area (Å²) in [5.74, 6) is 0. The van der Waals surface area contributed by atoms with Crippen LogP contribution in [0.5, 0.6) is 0 Å². The summed E-state index contributed by atoms with van der Waals surface area (Å²) in [5.41, 5.74) is 0. The van der Waals surface area contributed by atoms with Gasteiger partial charge in [0.15, 0.2) is 8.32 Å². The van der Waals surface area contributed by atoms with Crippen LogP contribution in [-0.2, 0) is 12.7 Å². The van der Waals surface area contributed by atoms with Crippen molar-refractivity contribution in [3.05, 3.63) is 0 Å². The smallest absolute Gasteiger partial charge is 0.312 e. The Morgan fingerprint density at radius 2 is 1.33 bits per heavy atom. The first kappa shape index (κ1) is 15.7. The molecule has 0 aliphatic rings. The molecule has 0 aromatic rings. The van der Waals surface area contributed by atoms with E-state index < -0.39 is 25.0 Å². The lowest BCUT2D eigenvalue weighted by Crippen LogP contribution is -2.56. The molecule has 1 atom stereocenters. The van der Waals surface area contributed by atoms with Crippen LogP contribution in [0, 0.1) is 0 Å². The van der Waals surface area contributed by atoms with E-state index in [-0.39, 0.29) is 0 Å². The fourth-order valence-electron chi connectivity index (χ4n) is 1.42. The Morgan fingerprint density at radius 3 is 1.60 bits per heavy atom. The largest absolute Gasteiger partial charge is 0.437 e. The summed E-state index contributed by atoms with van der Waals surface area (Å²) >= 11 is 0. The molecule has 0 amide bonds. The van der Waals surface area contributed by atoms with Gasteiger partial charge in [0.1, 0.15) is 0 Å². The lowest BCUT2D eigenvalue weighted by atomic mass is 11.8. The molecule has 0 heterocycles. The Balaban J connectivity index is 4.49. The molecule has 2 radical (unpaired) electrons. The standard InChI is InChI=1S/C8H24O3Si4/c1-9-15(8,12-2)11-14(6,7)10-13(3,4)5/h1-8H3. The zero-order chi connectivity index (χ0) is 12.3. The van der Waals surface area contributed by atoms with Crippen LogP contribution in [0.15, 0.2) is 0 Å². The summed E-state index contributed by atoms with van der Waals surface area (Å²) in [6.07, 6.45) is 0. The van der Waals surface area contributed by atoms with Gasteiger partial charge in [-0.3, -0.25) is 0 Å². The van der Waals surface area contributed by atoms with Gasteiger partial charge in [-0.1, -0.05) is 6.55 Å². The fraction of sp³-hybridized carbons (Fsp3) is 1.00. The second-order valence-electron chi connectivity index (χ2n) is 5.12. The molecule has 0 spiro atoms. The molecule has 0 bridgehead atoms. The van der Waals surface area contributed by atoms with Crippen molar-refractivity contribution in [3.8, 4) is 0 Å². The van der Waals surface area contributed by atoms with E-state index in [4.69, 9.17) is 12.7 Å². The van der Waals surface area contributed by atoms with Gasteiger partial charge >= 0.3 is 8.56 Å². The van der Waals surface area contributed by atoms with E-state index in [0.717, 1.165) is 9.04 Å². The predicted molar refractivity (Wildman–Crippen MR) is 73.2 cm³/mol. The van der Waals surface area contributed by atoms with Crippen LogP contribution >= 0.6 is 0 Å².